The van der Waals surface area contributed by atoms with Crippen LogP contribution in [-0.2, 0) is 20.9 Å². The molecule has 0 radical (unpaired) electrons. The van der Waals surface area contributed by atoms with Gasteiger partial charge in [0.2, 0.25) is 11.8 Å². The van der Waals surface area contributed by atoms with Crippen LogP contribution < -0.4 is 5.32 Å². The highest BCUT2D eigenvalue weighted by molar-refractivity contribution is 6.02. The molecule has 0 unspecified atom stereocenters. The summed E-state index contributed by atoms with van der Waals surface area (Å²) in [5, 5.41) is 2.80. The van der Waals surface area contributed by atoms with Crippen LogP contribution in [0.15, 0.2) is 78.9 Å². The van der Waals surface area contributed by atoms with Crippen molar-refractivity contribution < 1.29 is 19.1 Å². The van der Waals surface area contributed by atoms with Gasteiger partial charge in [-0.25, -0.2) is 9.78 Å². The SMILES string of the molecule is COC(=O)c1ccccc1NC(=O)C[C@@H]1C(=O)N(Cc2ccccc2)[C@H](C)c2nc3ccccc3n21. The average Bonchev–Trinajstić information content (AvgIpc) is 3.29. The standard InChI is InChI=1S/C28H26N4O4/c1-18-26-30-22-14-8-9-15-23(22)32(26)24(27(34)31(18)17-19-10-4-3-5-11-19)16-25(33)29-21-13-7-6-12-20(21)28(35)36-2/h3-15,18,24H,16-17H2,1-2H3,(H,29,33)/t18-,24-/m1/s1. The molecule has 0 spiro atoms. The van der Waals surface area contributed by atoms with Gasteiger partial charge in [-0.15, -0.1) is 0 Å². The molecule has 1 aliphatic rings. The molecule has 0 saturated heterocycles. The van der Waals surface area contributed by atoms with Gasteiger partial charge in [0.1, 0.15) is 11.9 Å². The molecule has 4 aromatic rings. The molecule has 8 heteroatoms. The Labute approximate surface area is 208 Å². The average molecular weight is 483 g/mol. The zero-order valence-corrected chi connectivity index (χ0v) is 20.0. The lowest BCUT2D eigenvalue weighted by molar-refractivity contribution is -0.142. The Kier molecular flexibility index (Phi) is 6.25. The summed E-state index contributed by atoms with van der Waals surface area (Å²) in [6.45, 7) is 2.37. The predicted octanol–water partition coefficient (Wildman–Crippen LogP) is 4.50. The van der Waals surface area contributed by atoms with Crippen molar-refractivity contribution in [3.63, 3.8) is 0 Å². The molecule has 8 nitrogen and oxygen atoms in total. The lowest BCUT2D eigenvalue weighted by Gasteiger charge is -2.38. The quantitative estimate of drug-likeness (QED) is 0.409. The maximum absolute atomic E-state index is 13.9. The molecule has 1 N–H and O–H groups in total. The third kappa shape index (κ3) is 4.22. The summed E-state index contributed by atoms with van der Waals surface area (Å²) in [4.78, 5) is 45.9. The van der Waals surface area contributed by atoms with Crippen molar-refractivity contribution in [3.05, 3.63) is 95.8 Å². The Morgan fingerprint density at radius 3 is 2.44 bits per heavy atom. The van der Waals surface area contributed by atoms with E-state index in [1.54, 1.807) is 29.2 Å². The molecule has 5 rings (SSSR count). The third-order valence-electron chi connectivity index (χ3n) is 6.53. The summed E-state index contributed by atoms with van der Waals surface area (Å²) in [6.07, 6.45) is -0.111. The van der Waals surface area contributed by atoms with E-state index >= 15 is 0 Å². The van der Waals surface area contributed by atoms with Gasteiger partial charge in [0.05, 0.1) is 41.9 Å². The Balaban J connectivity index is 1.50. The topological polar surface area (TPSA) is 93.5 Å². The lowest BCUT2D eigenvalue weighted by atomic mass is 10.0. The molecule has 2 heterocycles. The Hall–Kier alpha value is -4.46. The van der Waals surface area contributed by atoms with Gasteiger partial charge in [-0.1, -0.05) is 54.6 Å². The number of ether oxygens (including phenoxy) is 1. The van der Waals surface area contributed by atoms with Gasteiger partial charge < -0.3 is 19.5 Å². The van der Waals surface area contributed by atoms with E-state index in [0.717, 1.165) is 22.4 Å². The first-order valence-electron chi connectivity index (χ1n) is 11.8. The van der Waals surface area contributed by atoms with Gasteiger partial charge in [-0.2, -0.15) is 0 Å². The highest BCUT2D eigenvalue weighted by Gasteiger charge is 2.40. The van der Waals surface area contributed by atoms with Crippen molar-refractivity contribution in [3.8, 4) is 0 Å². The monoisotopic (exact) mass is 482 g/mol. The van der Waals surface area contributed by atoms with Gasteiger partial charge >= 0.3 is 5.97 Å². The molecule has 2 atom stereocenters. The molecule has 0 fully saturated rings. The molecule has 2 amide bonds. The number of methoxy groups -OCH3 is 1. The van der Waals surface area contributed by atoms with E-state index in [9.17, 15) is 14.4 Å². The molecule has 0 aliphatic carbocycles. The predicted molar refractivity (Wildman–Crippen MR) is 135 cm³/mol. The van der Waals surface area contributed by atoms with Crippen LogP contribution in [-0.4, -0.2) is 39.3 Å². The Morgan fingerprint density at radius 2 is 1.67 bits per heavy atom. The number of rotatable bonds is 6. The minimum Gasteiger partial charge on any atom is -0.465 e. The number of nitrogens with one attached hydrogen (secondary N) is 1. The van der Waals surface area contributed by atoms with Crippen LogP contribution >= 0.6 is 0 Å². The van der Waals surface area contributed by atoms with Crippen LogP contribution in [0.4, 0.5) is 5.69 Å². The number of esters is 1. The summed E-state index contributed by atoms with van der Waals surface area (Å²) < 4.78 is 6.71. The first-order valence-corrected chi connectivity index (χ1v) is 11.8. The number of aromatic nitrogens is 2. The molecule has 0 bridgehead atoms. The highest BCUT2D eigenvalue weighted by atomic mass is 16.5. The van der Waals surface area contributed by atoms with E-state index in [4.69, 9.17) is 9.72 Å². The zero-order valence-electron chi connectivity index (χ0n) is 20.0. The third-order valence-corrected chi connectivity index (χ3v) is 6.53. The molecular formula is C28H26N4O4. The van der Waals surface area contributed by atoms with Crippen LogP contribution in [0.1, 0.15) is 47.2 Å². The van der Waals surface area contributed by atoms with Crippen LogP contribution in [0.3, 0.4) is 0 Å². The maximum Gasteiger partial charge on any atom is 0.339 e. The summed E-state index contributed by atoms with van der Waals surface area (Å²) in [5.74, 6) is -0.356. The van der Waals surface area contributed by atoms with Crippen molar-refractivity contribution in [1.29, 1.82) is 0 Å². The van der Waals surface area contributed by atoms with Gasteiger partial charge in [-0.05, 0) is 36.8 Å². The minimum absolute atomic E-state index is 0.111. The zero-order chi connectivity index (χ0) is 25.2. The first kappa shape index (κ1) is 23.3. The van der Waals surface area contributed by atoms with Crippen molar-refractivity contribution in [2.24, 2.45) is 0 Å². The molecule has 0 saturated carbocycles. The van der Waals surface area contributed by atoms with Crippen LogP contribution in [0.2, 0.25) is 0 Å². The molecule has 1 aromatic heterocycles. The van der Waals surface area contributed by atoms with Crippen LogP contribution in [0.25, 0.3) is 11.0 Å². The maximum atomic E-state index is 13.9. The minimum atomic E-state index is -0.780. The van der Waals surface area contributed by atoms with Crippen molar-refractivity contribution in [1.82, 2.24) is 14.5 Å². The first-order chi connectivity index (χ1) is 17.5. The fourth-order valence-electron chi connectivity index (χ4n) is 4.75. The van der Waals surface area contributed by atoms with Crippen molar-refractivity contribution in [2.75, 3.05) is 12.4 Å². The number of hydrogen-bond acceptors (Lipinski definition) is 5. The number of hydrogen-bond donors (Lipinski definition) is 1. The van der Waals surface area contributed by atoms with Crippen LogP contribution in [0, 0.1) is 0 Å². The lowest BCUT2D eigenvalue weighted by Crippen LogP contribution is -2.45. The van der Waals surface area contributed by atoms with E-state index in [0.29, 0.717) is 12.2 Å². The largest absolute Gasteiger partial charge is 0.465 e. The molecule has 36 heavy (non-hydrogen) atoms. The Bertz CT molecular complexity index is 1450. The number of benzene rings is 3. The second kappa shape index (κ2) is 9.65. The summed E-state index contributed by atoms with van der Waals surface area (Å²) in [6, 6.07) is 23.0. The molecule has 1 aliphatic heterocycles. The second-order valence-corrected chi connectivity index (χ2v) is 8.76. The van der Waals surface area contributed by atoms with Crippen LogP contribution in [0.5, 0.6) is 0 Å². The van der Waals surface area contributed by atoms with Gasteiger partial charge in [0.25, 0.3) is 0 Å². The molecule has 3 aromatic carbocycles. The number of nitrogens with zero attached hydrogens (tertiary/aromatic N) is 3. The number of para-hydroxylation sites is 3. The van der Waals surface area contributed by atoms with E-state index in [-0.39, 0.29) is 29.8 Å². The highest BCUT2D eigenvalue weighted by Crippen LogP contribution is 2.37. The second-order valence-electron chi connectivity index (χ2n) is 8.76. The van der Waals surface area contributed by atoms with Gasteiger partial charge in [0.15, 0.2) is 0 Å². The smallest absolute Gasteiger partial charge is 0.339 e. The van der Waals surface area contributed by atoms with E-state index < -0.39 is 12.0 Å². The van der Waals surface area contributed by atoms with E-state index in [1.165, 1.54) is 7.11 Å². The van der Waals surface area contributed by atoms with Gasteiger partial charge in [-0.3, -0.25) is 9.59 Å². The summed E-state index contributed by atoms with van der Waals surface area (Å²) in [5.41, 5.74) is 3.16. The van der Waals surface area contributed by atoms with E-state index in [2.05, 4.69) is 5.32 Å². The number of fused-ring (bicyclic) bond motifs is 3. The number of amides is 2. The van der Waals surface area contributed by atoms with Gasteiger partial charge in [0, 0.05) is 6.54 Å². The summed E-state index contributed by atoms with van der Waals surface area (Å²) >= 11 is 0. The number of carbonyl (C=O) groups excluding carboxylic acids is 3. The Morgan fingerprint density at radius 1 is 0.972 bits per heavy atom. The number of carbonyl (C=O) groups is 3. The normalized spacial score (nSPS) is 17.1. The van der Waals surface area contributed by atoms with Crippen molar-refractivity contribution in [2.45, 2.75) is 32.0 Å². The van der Waals surface area contributed by atoms with Crippen molar-refractivity contribution >= 4 is 34.5 Å². The number of imidazole rings is 1. The fraction of sp³-hybridized carbons (Fsp3) is 0.214. The summed E-state index contributed by atoms with van der Waals surface area (Å²) in [7, 11) is 1.29. The van der Waals surface area contributed by atoms with E-state index in [1.807, 2.05) is 66.1 Å². The number of anilines is 1. The molecular weight excluding hydrogens is 456 g/mol. The molecule has 182 valence electrons. The fourth-order valence-corrected chi connectivity index (χ4v) is 4.75.